The number of thiophene rings is 1. The van der Waals surface area contributed by atoms with Gasteiger partial charge in [-0.2, -0.15) is 16.3 Å². The van der Waals surface area contributed by atoms with Crippen LogP contribution in [0.1, 0.15) is 18.0 Å². The third kappa shape index (κ3) is 3.38. The lowest BCUT2D eigenvalue weighted by Crippen LogP contribution is -2.19. The Morgan fingerprint density at radius 2 is 2.20 bits per heavy atom. The van der Waals surface area contributed by atoms with Crippen molar-refractivity contribution in [2.24, 2.45) is 0 Å². The van der Waals surface area contributed by atoms with E-state index in [1.165, 1.54) is 0 Å². The monoisotopic (exact) mass is 353 g/mol. The van der Waals surface area contributed by atoms with E-state index in [0.29, 0.717) is 11.6 Å². The molecule has 0 aromatic carbocycles. The van der Waals surface area contributed by atoms with Crippen LogP contribution in [-0.4, -0.2) is 25.7 Å². The Balaban J connectivity index is 1.47. The minimum atomic E-state index is -0.158. The zero-order valence-corrected chi connectivity index (χ0v) is 13.9. The summed E-state index contributed by atoms with van der Waals surface area (Å²) in [5.74, 6) is 1.11. The van der Waals surface area contributed by atoms with Gasteiger partial charge in [0.1, 0.15) is 0 Å². The topological polar surface area (TPSA) is 88.7 Å². The number of aromatic amines is 1. The number of hydrogen-bond acceptors (Lipinski definition) is 5. The van der Waals surface area contributed by atoms with Crippen molar-refractivity contribution in [1.29, 1.82) is 0 Å². The summed E-state index contributed by atoms with van der Waals surface area (Å²) >= 11 is 1.61. The number of nitrogens with zero attached hydrogens (tertiary/aromatic N) is 3. The van der Waals surface area contributed by atoms with E-state index in [1.54, 1.807) is 29.7 Å². The van der Waals surface area contributed by atoms with E-state index in [2.05, 4.69) is 25.9 Å². The number of rotatable bonds is 6. The van der Waals surface area contributed by atoms with Gasteiger partial charge in [-0.05, 0) is 46.7 Å². The molecule has 0 saturated heterocycles. The van der Waals surface area contributed by atoms with Gasteiger partial charge in [-0.1, -0.05) is 0 Å². The molecule has 2 N–H and O–H groups in total. The van der Waals surface area contributed by atoms with E-state index in [0.717, 1.165) is 5.56 Å². The Hall–Kier alpha value is -3.13. The lowest BCUT2D eigenvalue weighted by atomic mass is 10.1. The smallest absolute Gasteiger partial charge is 0.249 e. The van der Waals surface area contributed by atoms with Gasteiger partial charge < -0.3 is 8.98 Å². The third-order valence-electron chi connectivity index (χ3n) is 3.79. The molecule has 0 bridgehead atoms. The first-order valence-corrected chi connectivity index (χ1v) is 8.64. The molecule has 4 aromatic rings. The molecule has 4 aromatic heterocycles. The minimum absolute atomic E-state index is 0.0651. The van der Waals surface area contributed by atoms with Crippen LogP contribution < -0.4 is 5.32 Å². The number of anilines is 1. The summed E-state index contributed by atoms with van der Waals surface area (Å²) in [6.45, 7) is 0. The molecule has 0 aliphatic carbocycles. The van der Waals surface area contributed by atoms with Crippen LogP contribution in [-0.2, 0) is 4.79 Å². The van der Waals surface area contributed by atoms with Crippen LogP contribution in [0.4, 0.5) is 5.95 Å². The molecule has 126 valence electrons. The second-order valence-electron chi connectivity index (χ2n) is 5.44. The lowest BCUT2D eigenvalue weighted by molar-refractivity contribution is -0.116. The highest BCUT2D eigenvalue weighted by Crippen LogP contribution is 2.25. The molecule has 1 unspecified atom stereocenters. The number of hydrogen-bond donors (Lipinski definition) is 2. The maximum absolute atomic E-state index is 12.5. The summed E-state index contributed by atoms with van der Waals surface area (Å²) in [7, 11) is 0. The summed E-state index contributed by atoms with van der Waals surface area (Å²) < 4.78 is 7.27. The first-order valence-electron chi connectivity index (χ1n) is 7.70. The van der Waals surface area contributed by atoms with Crippen molar-refractivity contribution in [2.75, 3.05) is 5.32 Å². The van der Waals surface area contributed by atoms with Gasteiger partial charge in [0, 0.05) is 12.4 Å². The quantitative estimate of drug-likeness (QED) is 0.555. The molecule has 0 aliphatic rings. The van der Waals surface area contributed by atoms with Crippen molar-refractivity contribution in [2.45, 2.75) is 12.5 Å². The van der Waals surface area contributed by atoms with Crippen LogP contribution in [0.3, 0.4) is 0 Å². The van der Waals surface area contributed by atoms with Crippen molar-refractivity contribution >= 4 is 23.2 Å². The van der Waals surface area contributed by atoms with Gasteiger partial charge in [0.2, 0.25) is 11.9 Å². The van der Waals surface area contributed by atoms with Gasteiger partial charge in [-0.25, -0.2) is 0 Å². The van der Waals surface area contributed by atoms with Crippen molar-refractivity contribution < 1.29 is 9.21 Å². The van der Waals surface area contributed by atoms with E-state index in [4.69, 9.17) is 4.42 Å². The fourth-order valence-electron chi connectivity index (χ4n) is 2.61. The van der Waals surface area contributed by atoms with Gasteiger partial charge in [-0.3, -0.25) is 15.2 Å². The fraction of sp³-hybridized carbons (Fsp3) is 0.118. The SMILES string of the molecule is O=C(CC(c1ccsc1)n1cccc1)Nc1n[nH]c(-c2ccco2)n1. The molecule has 7 nitrogen and oxygen atoms in total. The lowest BCUT2D eigenvalue weighted by Gasteiger charge is -2.17. The average Bonchev–Trinajstić information content (AvgIpc) is 3.42. The van der Waals surface area contributed by atoms with Gasteiger partial charge in [0.05, 0.1) is 18.7 Å². The van der Waals surface area contributed by atoms with E-state index in [1.807, 2.05) is 40.5 Å². The standard InChI is InChI=1S/C17H15N5O2S/c23-15(18-17-19-16(20-21-17)14-4-3-8-24-14)10-13(12-5-9-25-11-12)22-6-1-2-7-22/h1-9,11,13H,10H2,(H2,18,19,20,21,23). The second kappa shape index (κ2) is 6.78. The minimum Gasteiger partial charge on any atom is -0.461 e. The molecule has 0 fully saturated rings. The summed E-state index contributed by atoms with van der Waals surface area (Å²) in [6.07, 6.45) is 5.75. The summed E-state index contributed by atoms with van der Waals surface area (Å²) in [4.78, 5) is 16.7. The zero-order chi connectivity index (χ0) is 17.1. The molecule has 1 atom stereocenters. The normalized spacial score (nSPS) is 12.2. The Morgan fingerprint density at radius 3 is 2.92 bits per heavy atom. The van der Waals surface area contributed by atoms with Crippen LogP contribution >= 0.6 is 11.3 Å². The predicted molar refractivity (Wildman–Crippen MR) is 94.2 cm³/mol. The zero-order valence-electron chi connectivity index (χ0n) is 13.1. The summed E-state index contributed by atoms with van der Waals surface area (Å²) in [5, 5.41) is 13.6. The Kier molecular flexibility index (Phi) is 4.17. The molecule has 0 radical (unpaired) electrons. The largest absolute Gasteiger partial charge is 0.461 e. The third-order valence-corrected chi connectivity index (χ3v) is 4.49. The highest BCUT2D eigenvalue weighted by atomic mass is 32.1. The van der Waals surface area contributed by atoms with Gasteiger partial charge in [-0.15, -0.1) is 5.10 Å². The maximum Gasteiger partial charge on any atom is 0.249 e. The molecular weight excluding hydrogens is 338 g/mol. The number of furan rings is 1. The van der Waals surface area contributed by atoms with Crippen LogP contribution in [0, 0.1) is 0 Å². The highest BCUT2D eigenvalue weighted by Gasteiger charge is 2.19. The molecule has 1 amide bonds. The van der Waals surface area contributed by atoms with Gasteiger partial charge >= 0.3 is 0 Å². The number of carbonyl (C=O) groups is 1. The average molecular weight is 353 g/mol. The Bertz CT molecular complexity index is 892. The number of amides is 1. The van der Waals surface area contributed by atoms with E-state index >= 15 is 0 Å². The molecule has 8 heteroatoms. The predicted octanol–water partition coefficient (Wildman–Crippen LogP) is 3.55. The van der Waals surface area contributed by atoms with Crippen LogP contribution in [0.25, 0.3) is 11.6 Å². The van der Waals surface area contributed by atoms with Crippen LogP contribution in [0.5, 0.6) is 0 Å². The molecule has 25 heavy (non-hydrogen) atoms. The number of aromatic nitrogens is 4. The van der Waals surface area contributed by atoms with Crippen molar-refractivity contribution in [3.05, 3.63) is 65.3 Å². The van der Waals surface area contributed by atoms with E-state index < -0.39 is 0 Å². The maximum atomic E-state index is 12.5. The highest BCUT2D eigenvalue weighted by molar-refractivity contribution is 7.08. The summed E-state index contributed by atoms with van der Waals surface area (Å²) in [5.41, 5.74) is 1.10. The Morgan fingerprint density at radius 1 is 1.32 bits per heavy atom. The van der Waals surface area contributed by atoms with E-state index in [-0.39, 0.29) is 24.3 Å². The first kappa shape index (κ1) is 15.4. The molecule has 4 rings (SSSR count). The number of nitrogens with one attached hydrogen (secondary N) is 2. The van der Waals surface area contributed by atoms with Crippen LogP contribution in [0.15, 0.2) is 64.2 Å². The molecular formula is C17H15N5O2S. The van der Waals surface area contributed by atoms with Crippen molar-refractivity contribution in [1.82, 2.24) is 19.7 Å². The van der Waals surface area contributed by atoms with Crippen molar-refractivity contribution in [3.63, 3.8) is 0 Å². The summed E-state index contributed by atoms with van der Waals surface area (Å²) in [6, 6.07) is 9.39. The second-order valence-corrected chi connectivity index (χ2v) is 6.22. The van der Waals surface area contributed by atoms with Crippen molar-refractivity contribution in [3.8, 4) is 11.6 Å². The van der Waals surface area contributed by atoms with E-state index in [9.17, 15) is 4.79 Å². The fourth-order valence-corrected chi connectivity index (χ4v) is 3.32. The first-order chi connectivity index (χ1) is 12.3. The molecule has 0 aliphatic heterocycles. The molecule has 4 heterocycles. The van der Waals surface area contributed by atoms with Crippen LogP contribution in [0.2, 0.25) is 0 Å². The number of H-pyrrole nitrogens is 1. The molecule has 0 saturated carbocycles. The Labute approximate surface area is 147 Å². The van der Waals surface area contributed by atoms with Gasteiger partial charge in [0.15, 0.2) is 11.6 Å². The molecule has 0 spiro atoms. The number of carbonyl (C=O) groups excluding carboxylic acids is 1. The van der Waals surface area contributed by atoms with Gasteiger partial charge in [0.25, 0.3) is 0 Å².